The van der Waals surface area contributed by atoms with Crippen LogP contribution in [0.5, 0.6) is 0 Å². The average Bonchev–Trinajstić information content (AvgIpc) is 2.77. The van der Waals surface area contributed by atoms with E-state index in [0.29, 0.717) is 6.54 Å². The normalized spacial score (nSPS) is 15.0. The number of hydrogen-bond acceptors (Lipinski definition) is 5. The molecule has 1 aliphatic heterocycles. The fourth-order valence-corrected chi connectivity index (χ4v) is 4.96. The van der Waals surface area contributed by atoms with Crippen LogP contribution in [0.1, 0.15) is 6.42 Å². The molecule has 162 valence electrons. The van der Waals surface area contributed by atoms with Gasteiger partial charge in [0, 0.05) is 19.6 Å². The van der Waals surface area contributed by atoms with Crippen LogP contribution in [0.2, 0.25) is 5.02 Å². The van der Waals surface area contributed by atoms with E-state index in [4.69, 9.17) is 16.3 Å². The number of halogens is 1. The van der Waals surface area contributed by atoms with E-state index in [9.17, 15) is 13.2 Å². The van der Waals surface area contributed by atoms with Crippen molar-refractivity contribution in [2.45, 2.75) is 11.3 Å². The second-order valence-electron chi connectivity index (χ2n) is 6.93. The first kappa shape index (κ1) is 22.6. The molecule has 1 fully saturated rings. The molecule has 0 radical (unpaired) electrons. The molecule has 1 amide bonds. The van der Waals surface area contributed by atoms with E-state index in [-0.39, 0.29) is 28.1 Å². The summed E-state index contributed by atoms with van der Waals surface area (Å²) in [5.41, 5.74) is 0.270. The van der Waals surface area contributed by atoms with Gasteiger partial charge in [-0.3, -0.25) is 14.0 Å². The molecule has 1 heterocycles. The van der Waals surface area contributed by atoms with Gasteiger partial charge in [0.1, 0.15) is 6.54 Å². The molecule has 2 aromatic carbocycles. The van der Waals surface area contributed by atoms with Crippen molar-refractivity contribution in [3.63, 3.8) is 0 Å². The maximum Gasteiger partial charge on any atom is 0.264 e. The van der Waals surface area contributed by atoms with E-state index in [2.05, 4.69) is 10.2 Å². The fraction of sp³-hybridized carbons (Fsp3) is 0.381. The summed E-state index contributed by atoms with van der Waals surface area (Å²) in [6.07, 6.45) is 0.781. The van der Waals surface area contributed by atoms with Crippen molar-refractivity contribution < 1.29 is 17.9 Å². The van der Waals surface area contributed by atoms with Crippen LogP contribution in [0.4, 0.5) is 5.69 Å². The lowest BCUT2D eigenvalue weighted by Crippen LogP contribution is -2.42. The number of ether oxygens (including phenoxy) is 1. The molecule has 30 heavy (non-hydrogen) atoms. The lowest BCUT2D eigenvalue weighted by Gasteiger charge is -2.27. The van der Waals surface area contributed by atoms with Gasteiger partial charge >= 0.3 is 0 Å². The van der Waals surface area contributed by atoms with Crippen LogP contribution in [0.3, 0.4) is 0 Å². The average molecular weight is 452 g/mol. The Balaban J connectivity index is 1.67. The third-order valence-electron chi connectivity index (χ3n) is 4.82. The fourth-order valence-electron chi connectivity index (χ4n) is 3.21. The number of carbonyl (C=O) groups is 1. The molecule has 1 N–H and O–H groups in total. The molecule has 0 spiro atoms. The van der Waals surface area contributed by atoms with Crippen LogP contribution in [0, 0.1) is 0 Å². The Labute approximate surface area is 182 Å². The van der Waals surface area contributed by atoms with E-state index in [1.54, 1.807) is 42.5 Å². The standard InChI is InChI=1S/C21H26ClN3O4S/c22-19-9-4-5-10-20(19)25(30(27,28)18-7-2-1-3-8-18)17-21(26)23-11-6-12-24-13-15-29-16-14-24/h1-5,7-10H,6,11-17H2,(H,23,26). The van der Waals surface area contributed by atoms with Gasteiger partial charge in [0.25, 0.3) is 10.0 Å². The van der Waals surface area contributed by atoms with E-state index in [0.717, 1.165) is 43.6 Å². The van der Waals surface area contributed by atoms with Crippen LogP contribution in [0.15, 0.2) is 59.5 Å². The van der Waals surface area contributed by atoms with Crippen molar-refractivity contribution in [3.05, 3.63) is 59.6 Å². The van der Waals surface area contributed by atoms with Gasteiger partial charge in [-0.2, -0.15) is 0 Å². The first-order chi connectivity index (χ1) is 14.5. The number of rotatable bonds is 9. The summed E-state index contributed by atoms with van der Waals surface area (Å²) in [5, 5.41) is 3.08. The molecule has 1 saturated heterocycles. The minimum absolute atomic E-state index is 0.102. The number of carbonyl (C=O) groups excluding carboxylic acids is 1. The van der Waals surface area contributed by atoms with Gasteiger partial charge in [-0.15, -0.1) is 0 Å². The highest BCUT2D eigenvalue weighted by atomic mass is 35.5. The summed E-state index contributed by atoms with van der Waals surface area (Å²) in [5.74, 6) is -0.378. The Kier molecular flexibility index (Phi) is 8.09. The zero-order chi connectivity index (χ0) is 21.4. The maximum absolute atomic E-state index is 13.2. The van der Waals surface area contributed by atoms with Gasteiger partial charge in [0.05, 0.1) is 28.8 Å². The van der Waals surface area contributed by atoms with Crippen molar-refractivity contribution in [2.75, 3.05) is 50.2 Å². The van der Waals surface area contributed by atoms with Crippen molar-refractivity contribution >= 4 is 33.2 Å². The first-order valence-electron chi connectivity index (χ1n) is 9.87. The topological polar surface area (TPSA) is 79.0 Å². The minimum Gasteiger partial charge on any atom is -0.379 e. The van der Waals surface area contributed by atoms with E-state index >= 15 is 0 Å². The Hall–Kier alpha value is -2.13. The number of benzene rings is 2. The number of amides is 1. The number of para-hydroxylation sites is 1. The Morgan fingerprint density at radius 1 is 1.07 bits per heavy atom. The van der Waals surface area contributed by atoms with Gasteiger partial charge in [-0.05, 0) is 37.2 Å². The van der Waals surface area contributed by atoms with Crippen molar-refractivity contribution in [3.8, 4) is 0 Å². The first-order valence-corrected chi connectivity index (χ1v) is 11.7. The van der Waals surface area contributed by atoms with Gasteiger partial charge in [0.2, 0.25) is 5.91 Å². The zero-order valence-electron chi connectivity index (χ0n) is 16.7. The second kappa shape index (κ2) is 10.8. The number of morpholine rings is 1. The Morgan fingerprint density at radius 2 is 1.73 bits per heavy atom. The molecule has 0 atom stereocenters. The molecule has 7 nitrogen and oxygen atoms in total. The van der Waals surface area contributed by atoms with Crippen LogP contribution in [-0.2, 0) is 19.6 Å². The molecule has 9 heteroatoms. The molecule has 0 saturated carbocycles. The number of hydrogen-bond donors (Lipinski definition) is 1. The van der Waals surface area contributed by atoms with Crippen molar-refractivity contribution in [1.82, 2.24) is 10.2 Å². The number of sulfonamides is 1. The SMILES string of the molecule is O=C(CN(c1ccccc1Cl)S(=O)(=O)c1ccccc1)NCCCN1CCOCC1. The quantitative estimate of drug-likeness (QED) is 0.592. The second-order valence-corrected chi connectivity index (χ2v) is 9.20. The minimum atomic E-state index is -3.95. The predicted octanol–water partition coefficient (Wildman–Crippen LogP) is 2.37. The van der Waals surface area contributed by atoms with Gasteiger partial charge in [-0.25, -0.2) is 8.42 Å². The molecule has 0 aromatic heterocycles. The highest BCUT2D eigenvalue weighted by molar-refractivity contribution is 7.92. The summed E-state index contributed by atoms with van der Waals surface area (Å²) < 4.78 is 32.8. The Bertz CT molecular complexity index is 934. The molecule has 0 aliphatic carbocycles. The highest BCUT2D eigenvalue weighted by Crippen LogP contribution is 2.30. The van der Waals surface area contributed by atoms with E-state index < -0.39 is 10.0 Å². The number of anilines is 1. The van der Waals surface area contributed by atoms with Crippen LogP contribution in [-0.4, -0.2) is 65.2 Å². The van der Waals surface area contributed by atoms with Gasteiger partial charge in [-0.1, -0.05) is 41.9 Å². The van der Waals surface area contributed by atoms with Crippen molar-refractivity contribution in [1.29, 1.82) is 0 Å². The lowest BCUT2D eigenvalue weighted by molar-refractivity contribution is -0.119. The van der Waals surface area contributed by atoms with Crippen LogP contribution < -0.4 is 9.62 Å². The summed E-state index contributed by atoms with van der Waals surface area (Å²) >= 11 is 6.26. The predicted molar refractivity (Wildman–Crippen MR) is 117 cm³/mol. The molecule has 0 bridgehead atoms. The summed E-state index contributed by atoms with van der Waals surface area (Å²) in [7, 11) is -3.95. The van der Waals surface area contributed by atoms with Gasteiger partial charge < -0.3 is 10.1 Å². The molecule has 1 aliphatic rings. The monoisotopic (exact) mass is 451 g/mol. The highest BCUT2D eigenvalue weighted by Gasteiger charge is 2.28. The van der Waals surface area contributed by atoms with E-state index in [1.165, 1.54) is 12.1 Å². The molecule has 3 rings (SSSR count). The maximum atomic E-state index is 13.2. The van der Waals surface area contributed by atoms with Gasteiger partial charge in [0.15, 0.2) is 0 Å². The lowest BCUT2D eigenvalue weighted by atomic mass is 10.3. The Morgan fingerprint density at radius 3 is 2.43 bits per heavy atom. The zero-order valence-corrected chi connectivity index (χ0v) is 18.2. The van der Waals surface area contributed by atoms with Crippen LogP contribution >= 0.6 is 11.6 Å². The summed E-state index contributed by atoms with van der Waals surface area (Å²) in [4.78, 5) is 15.0. The molecule has 0 unspecified atom stereocenters. The van der Waals surface area contributed by atoms with E-state index in [1.807, 2.05) is 0 Å². The third-order valence-corrected chi connectivity index (χ3v) is 6.91. The third kappa shape index (κ3) is 5.95. The smallest absolute Gasteiger partial charge is 0.264 e. The number of nitrogens with zero attached hydrogens (tertiary/aromatic N) is 2. The molecule has 2 aromatic rings. The molecular formula is C21H26ClN3O4S. The summed E-state index contributed by atoms with van der Waals surface area (Å²) in [6.45, 7) is 4.23. The molecular weight excluding hydrogens is 426 g/mol. The van der Waals surface area contributed by atoms with Crippen molar-refractivity contribution in [2.24, 2.45) is 0 Å². The van der Waals surface area contributed by atoms with Crippen LogP contribution in [0.25, 0.3) is 0 Å². The summed E-state index contributed by atoms with van der Waals surface area (Å²) in [6, 6.07) is 14.6. The largest absolute Gasteiger partial charge is 0.379 e. The number of nitrogens with one attached hydrogen (secondary N) is 1.